The van der Waals surface area contributed by atoms with Crippen LogP contribution in [-0.2, 0) is 24.2 Å². The van der Waals surface area contributed by atoms with E-state index in [-0.39, 0.29) is 5.91 Å². The van der Waals surface area contributed by atoms with Gasteiger partial charge in [0.1, 0.15) is 0 Å². The van der Waals surface area contributed by atoms with Gasteiger partial charge in [0.2, 0.25) is 5.91 Å². The molecule has 0 unspecified atom stereocenters. The highest BCUT2D eigenvalue weighted by Gasteiger charge is 2.33. The molecule has 1 aliphatic rings. The molecule has 0 bridgehead atoms. The molecule has 0 saturated carbocycles. The maximum atomic E-state index is 12.7. The summed E-state index contributed by atoms with van der Waals surface area (Å²) in [5.41, 5.74) is 10.1. The van der Waals surface area contributed by atoms with Crippen molar-refractivity contribution in [1.29, 1.82) is 0 Å². The Morgan fingerprint density at radius 2 is 1.96 bits per heavy atom. The summed E-state index contributed by atoms with van der Waals surface area (Å²) in [5.74, 6) is 0.0426. The first-order chi connectivity index (χ1) is 12.1. The summed E-state index contributed by atoms with van der Waals surface area (Å²) in [6.07, 6.45) is 4.74. The lowest BCUT2D eigenvalue weighted by molar-refractivity contribution is -0.131. The van der Waals surface area contributed by atoms with Crippen LogP contribution in [0.3, 0.4) is 0 Å². The topological polar surface area (TPSA) is 72.9 Å². The smallest absolute Gasteiger partial charge is 0.227 e. The first-order valence-electron chi connectivity index (χ1n) is 9.28. The number of benzene rings is 1. The fourth-order valence-electron chi connectivity index (χ4n) is 3.74. The van der Waals surface area contributed by atoms with Crippen molar-refractivity contribution in [3.63, 3.8) is 0 Å². The molecule has 0 aliphatic heterocycles. The molecule has 0 radical (unpaired) electrons. The summed E-state index contributed by atoms with van der Waals surface area (Å²) in [6, 6.07) is 10.2. The molecule has 1 aromatic heterocycles. The van der Waals surface area contributed by atoms with Crippen LogP contribution in [0.2, 0.25) is 0 Å². The second kappa shape index (κ2) is 7.40. The van der Waals surface area contributed by atoms with E-state index in [4.69, 9.17) is 10.8 Å². The van der Waals surface area contributed by atoms with E-state index in [0.29, 0.717) is 13.1 Å². The maximum absolute atomic E-state index is 12.7. The summed E-state index contributed by atoms with van der Waals surface area (Å²) >= 11 is 0. The van der Waals surface area contributed by atoms with Gasteiger partial charge >= 0.3 is 0 Å². The maximum Gasteiger partial charge on any atom is 0.227 e. The van der Waals surface area contributed by atoms with Crippen LogP contribution in [0.15, 0.2) is 30.3 Å². The lowest BCUT2D eigenvalue weighted by Gasteiger charge is -2.28. The summed E-state index contributed by atoms with van der Waals surface area (Å²) in [4.78, 5) is 12.7. The summed E-state index contributed by atoms with van der Waals surface area (Å²) in [7, 11) is 0. The number of nitrogens with one attached hydrogen (secondary N) is 1. The molecular formula is C20H28N4O. The Morgan fingerprint density at radius 3 is 2.60 bits per heavy atom. The number of rotatable bonds is 7. The fraction of sp³-hybridized carbons (Fsp3) is 0.500. The summed E-state index contributed by atoms with van der Waals surface area (Å²) < 4.78 is 2.04. The van der Waals surface area contributed by atoms with Gasteiger partial charge in [0.05, 0.1) is 23.3 Å². The first kappa shape index (κ1) is 17.7. The van der Waals surface area contributed by atoms with Gasteiger partial charge in [0.25, 0.3) is 0 Å². The highest BCUT2D eigenvalue weighted by molar-refractivity contribution is 5.82. The van der Waals surface area contributed by atoms with Crippen molar-refractivity contribution in [2.24, 2.45) is 11.1 Å². The van der Waals surface area contributed by atoms with Crippen molar-refractivity contribution in [2.75, 3.05) is 6.54 Å². The molecule has 25 heavy (non-hydrogen) atoms. The van der Waals surface area contributed by atoms with E-state index < -0.39 is 5.41 Å². The standard InChI is InChI=1S/C20H28N4O/c1-3-20(4-2,14-21)19(25)22-13-17-16-11-8-12-18(16)24(23-17)15-9-6-5-7-10-15/h5-7,9-10H,3-4,8,11-14,21H2,1-2H3,(H,22,25). The van der Waals surface area contributed by atoms with Crippen LogP contribution < -0.4 is 11.1 Å². The molecular weight excluding hydrogens is 312 g/mol. The molecule has 1 amide bonds. The van der Waals surface area contributed by atoms with Crippen LogP contribution in [-0.4, -0.2) is 22.2 Å². The first-order valence-corrected chi connectivity index (χ1v) is 9.28. The number of carbonyl (C=O) groups excluding carboxylic acids is 1. The number of nitrogens with zero attached hydrogens (tertiary/aromatic N) is 2. The Morgan fingerprint density at radius 1 is 1.24 bits per heavy atom. The van der Waals surface area contributed by atoms with E-state index in [0.717, 1.165) is 43.5 Å². The molecule has 1 aliphatic carbocycles. The summed E-state index contributed by atoms with van der Waals surface area (Å²) in [5, 5.41) is 7.90. The third-order valence-corrected chi connectivity index (χ3v) is 5.66. The zero-order chi connectivity index (χ0) is 17.9. The van der Waals surface area contributed by atoms with Crippen LogP contribution in [0.1, 0.15) is 50.1 Å². The number of hydrogen-bond donors (Lipinski definition) is 2. The van der Waals surface area contributed by atoms with Crippen molar-refractivity contribution >= 4 is 5.91 Å². The molecule has 2 aromatic rings. The quantitative estimate of drug-likeness (QED) is 0.814. The van der Waals surface area contributed by atoms with Crippen molar-refractivity contribution in [2.45, 2.75) is 52.5 Å². The molecule has 1 heterocycles. The number of para-hydroxylation sites is 1. The van der Waals surface area contributed by atoms with E-state index in [2.05, 4.69) is 17.4 Å². The van der Waals surface area contributed by atoms with Crippen molar-refractivity contribution in [1.82, 2.24) is 15.1 Å². The van der Waals surface area contributed by atoms with Crippen LogP contribution in [0.5, 0.6) is 0 Å². The Bertz CT molecular complexity index is 723. The second-order valence-electron chi connectivity index (χ2n) is 6.85. The van der Waals surface area contributed by atoms with Gasteiger partial charge in [-0.25, -0.2) is 4.68 Å². The number of fused-ring (bicyclic) bond motifs is 1. The van der Waals surface area contributed by atoms with Gasteiger partial charge in [-0.15, -0.1) is 0 Å². The monoisotopic (exact) mass is 340 g/mol. The van der Waals surface area contributed by atoms with Gasteiger partial charge in [-0.1, -0.05) is 32.0 Å². The van der Waals surface area contributed by atoms with Crippen LogP contribution >= 0.6 is 0 Å². The molecule has 1 aromatic carbocycles. The molecule has 0 saturated heterocycles. The number of nitrogens with two attached hydrogens (primary N) is 1. The van der Waals surface area contributed by atoms with Crippen molar-refractivity contribution < 1.29 is 4.79 Å². The van der Waals surface area contributed by atoms with Crippen molar-refractivity contribution in [3.05, 3.63) is 47.3 Å². The number of aromatic nitrogens is 2. The molecule has 3 N–H and O–H groups in total. The van der Waals surface area contributed by atoms with E-state index in [1.165, 1.54) is 11.3 Å². The Hall–Kier alpha value is -2.14. The average molecular weight is 340 g/mol. The lowest BCUT2D eigenvalue weighted by Crippen LogP contribution is -2.45. The number of carbonyl (C=O) groups is 1. The molecule has 134 valence electrons. The minimum absolute atomic E-state index is 0.0426. The highest BCUT2D eigenvalue weighted by Crippen LogP contribution is 2.29. The fourth-order valence-corrected chi connectivity index (χ4v) is 3.74. The largest absolute Gasteiger partial charge is 0.350 e. The van der Waals surface area contributed by atoms with Gasteiger partial charge in [-0.05, 0) is 49.8 Å². The van der Waals surface area contributed by atoms with E-state index in [1.54, 1.807) is 0 Å². The number of hydrogen-bond acceptors (Lipinski definition) is 3. The molecule has 5 nitrogen and oxygen atoms in total. The van der Waals surface area contributed by atoms with Gasteiger partial charge < -0.3 is 11.1 Å². The zero-order valence-electron chi connectivity index (χ0n) is 15.2. The van der Waals surface area contributed by atoms with E-state index >= 15 is 0 Å². The molecule has 0 spiro atoms. The lowest BCUT2D eigenvalue weighted by atomic mass is 9.81. The Labute approximate surface area is 149 Å². The Kier molecular flexibility index (Phi) is 5.23. The summed E-state index contributed by atoms with van der Waals surface area (Å²) in [6.45, 7) is 4.90. The normalized spacial score (nSPS) is 13.7. The minimum atomic E-state index is -0.467. The average Bonchev–Trinajstić information content (AvgIpc) is 3.25. The predicted octanol–water partition coefficient (Wildman–Crippen LogP) is 2.74. The number of amides is 1. The molecule has 0 atom stereocenters. The molecule has 5 heteroatoms. The van der Waals surface area contributed by atoms with Crippen LogP contribution in [0, 0.1) is 5.41 Å². The third kappa shape index (κ3) is 3.21. The SMILES string of the molecule is CCC(CC)(CN)C(=O)NCc1nn(-c2ccccc2)c2c1CCC2. The highest BCUT2D eigenvalue weighted by atomic mass is 16.2. The van der Waals surface area contributed by atoms with Crippen LogP contribution in [0.4, 0.5) is 0 Å². The Balaban J connectivity index is 1.81. The minimum Gasteiger partial charge on any atom is -0.350 e. The van der Waals surface area contributed by atoms with E-state index in [1.807, 2.05) is 36.7 Å². The van der Waals surface area contributed by atoms with Crippen LogP contribution in [0.25, 0.3) is 5.69 Å². The van der Waals surface area contributed by atoms with Gasteiger partial charge in [0, 0.05) is 12.2 Å². The van der Waals surface area contributed by atoms with E-state index in [9.17, 15) is 4.79 Å². The third-order valence-electron chi connectivity index (χ3n) is 5.66. The van der Waals surface area contributed by atoms with Gasteiger partial charge in [-0.3, -0.25) is 4.79 Å². The zero-order valence-corrected chi connectivity index (χ0v) is 15.2. The molecule has 3 rings (SSSR count). The predicted molar refractivity (Wildman–Crippen MR) is 99.5 cm³/mol. The molecule has 0 fully saturated rings. The second-order valence-corrected chi connectivity index (χ2v) is 6.85. The van der Waals surface area contributed by atoms with Crippen molar-refractivity contribution in [3.8, 4) is 5.69 Å². The van der Waals surface area contributed by atoms with Gasteiger partial charge in [-0.2, -0.15) is 5.10 Å². The van der Waals surface area contributed by atoms with Gasteiger partial charge in [0.15, 0.2) is 0 Å².